The molecule has 1 aliphatic heterocycles. The standard InChI is InChI=1S/C25H27O2P/c1-18-10-8-9-15-21(18)28-22(16-19-11-4-2-5-12-19)24(26)25(27)23(28)17-20-13-6-3-7-14-20/h2-15,22-27H,16-17H2,1H3/t22-,23-,24-,25+,28?/m0/s1. The van der Waals surface area contributed by atoms with Crippen molar-refractivity contribution in [1.29, 1.82) is 0 Å². The molecule has 1 heterocycles. The highest BCUT2D eigenvalue weighted by molar-refractivity contribution is 7.67. The van der Waals surface area contributed by atoms with E-state index >= 15 is 0 Å². The molecular formula is C25H27O2P. The van der Waals surface area contributed by atoms with E-state index in [1.54, 1.807) is 0 Å². The number of hydrogen-bond donors (Lipinski definition) is 2. The summed E-state index contributed by atoms with van der Waals surface area (Å²) in [5, 5.41) is 23.4. The summed E-state index contributed by atoms with van der Waals surface area (Å²) in [6, 6.07) is 29.2. The summed E-state index contributed by atoms with van der Waals surface area (Å²) in [6.07, 6.45) is 0.202. The van der Waals surface area contributed by atoms with Crippen LogP contribution < -0.4 is 5.30 Å². The summed E-state index contributed by atoms with van der Waals surface area (Å²) in [5.74, 6) is 0. The summed E-state index contributed by atoms with van der Waals surface area (Å²) in [5.41, 5.74) is 3.82. The Kier molecular flexibility index (Phi) is 5.92. The maximum atomic E-state index is 11.1. The van der Waals surface area contributed by atoms with Crippen molar-refractivity contribution in [3.05, 3.63) is 102 Å². The van der Waals surface area contributed by atoms with Crippen LogP contribution in [0.15, 0.2) is 84.9 Å². The van der Waals surface area contributed by atoms with Crippen molar-refractivity contribution >= 4 is 13.2 Å². The molecule has 3 aromatic rings. The van der Waals surface area contributed by atoms with Gasteiger partial charge in [0.1, 0.15) is 0 Å². The Morgan fingerprint density at radius 2 is 1.07 bits per heavy atom. The molecular weight excluding hydrogens is 363 g/mol. The van der Waals surface area contributed by atoms with Crippen LogP contribution in [0.5, 0.6) is 0 Å². The Labute approximate surface area is 168 Å². The SMILES string of the molecule is Cc1ccccc1P1[C@@H](Cc2ccccc2)[C@H](O)[C@H](O)[C@@H]1Cc1ccccc1. The summed E-state index contributed by atoms with van der Waals surface area (Å²) < 4.78 is 0. The Bertz CT molecular complexity index is 843. The summed E-state index contributed by atoms with van der Waals surface area (Å²) in [6.45, 7) is 2.15. The molecule has 144 valence electrons. The molecule has 0 amide bonds. The third-order valence-electron chi connectivity index (χ3n) is 5.82. The van der Waals surface area contributed by atoms with Crippen LogP contribution in [0.2, 0.25) is 0 Å². The van der Waals surface area contributed by atoms with E-state index in [2.05, 4.69) is 55.5 Å². The molecule has 2 nitrogen and oxygen atoms in total. The molecule has 0 saturated carbocycles. The van der Waals surface area contributed by atoms with Gasteiger partial charge >= 0.3 is 0 Å². The van der Waals surface area contributed by atoms with Crippen LogP contribution in [0, 0.1) is 6.92 Å². The first-order valence-electron chi connectivity index (χ1n) is 9.93. The normalized spacial score (nSPS) is 27.0. The number of aliphatic hydroxyl groups excluding tert-OH is 2. The molecule has 0 aliphatic carbocycles. The zero-order chi connectivity index (χ0) is 19.5. The van der Waals surface area contributed by atoms with E-state index in [1.165, 1.54) is 22.0 Å². The summed E-state index contributed by atoms with van der Waals surface area (Å²) in [4.78, 5) is 0. The van der Waals surface area contributed by atoms with Crippen LogP contribution in [-0.4, -0.2) is 33.7 Å². The monoisotopic (exact) mass is 390 g/mol. The van der Waals surface area contributed by atoms with E-state index in [1.807, 2.05) is 36.4 Å². The molecule has 1 aliphatic rings. The average Bonchev–Trinajstić information content (AvgIpc) is 2.95. The molecule has 5 atom stereocenters. The van der Waals surface area contributed by atoms with Gasteiger partial charge in [0.05, 0.1) is 12.2 Å². The first-order valence-corrected chi connectivity index (χ1v) is 11.4. The lowest BCUT2D eigenvalue weighted by Gasteiger charge is -2.28. The quantitative estimate of drug-likeness (QED) is 0.645. The molecule has 0 bridgehead atoms. The number of rotatable bonds is 5. The fourth-order valence-corrected chi connectivity index (χ4v) is 8.16. The van der Waals surface area contributed by atoms with Crippen molar-refractivity contribution in [3.8, 4) is 0 Å². The summed E-state index contributed by atoms with van der Waals surface area (Å²) in [7, 11) is -0.714. The third kappa shape index (κ3) is 3.91. The van der Waals surface area contributed by atoms with Crippen molar-refractivity contribution in [2.24, 2.45) is 0 Å². The third-order valence-corrected chi connectivity index (χ3v) is 9.29. The minimum atomic E-state index is -0.714. The minimum absolute atomic E-state index is 0.0576. The molecule has 28 heavy (non-hydrogen) atoms. The van der Waals surface area contributed by atoms with Gasteiger partial charge in [-0.1, -0.05) is 92.9 Å². The van der Waals surface area contributed by atoms with E-state index in [0.717, 1.165) is 12.8 Å². The smallest absolute Gasteiger partial charge is 0.0878 e. The van der Waals surface area contributed by atoms with E-state index in [9.17, 15) is 10.2 Å². The molecule has 3 aromatic carbocycles. The second-order valence-corrected chi connectivity index (χ2v) is 10.3. The Morgan fingerprint density at radius 1 is 0.643 bits per heavy atom. The lowest BCUT2D eigenvalue weighted by Crippen LogP contribution is -2.33. The minimum Gasteiger partial charge on any atom is -0.390 e. The van der Waals surface area contributed by atoms with Crippen molar-refractivity contribution < 1.29 is 10.2 Å². The second-order valence-electron chi connectivity index (χ2n) is 7.69. The van der Waals surface area contributed by atoms with E-state index in [0.29, 0.717) is 0 Å². The molecule has 0 spiro atoms. The van der Waals surface area contributed by atoms with Crippen molar-refractivity contribution in [2.75, 3.05) is 0 Å². The highest BCUT2D eigenvalue weighted by atomic mass is 31.1. The lowest BCUT2D eigenvalue weighted by molar-refractivity contribution is 0.0282. The lowest BCUT2D eigenvalue weighted by atomic mass is 9.99. The summed E-state index contributed by atoms with van der Waals surface area (Å²) >= 11 is 0. The van der Waals surface area contributed by atoms with E-state index in [4.69, 9.17) is 0 Å². The fraction of sp³-hybridized carbons (Fsp3) is 0.280. The van der Waals surface area contributed by atoms with Crippen LogP contribution in [0.3, 0.4) is 0 Å². The Hall–Kier alpha value is -1.99. The van der Waals surface area contributed by atoms with Crippen LogP contribution in [-0.2, 0) is 12.8 Å². The Balaban J connectivity index is 1.72. The van der Waals surface area contributed by atoms with Gasteiger partial charge in [-0.2, -0.15) is 0 Å². The molecule has 1 fully saturated rings. The average molecular weight is 390 g/mol. The predicted molar refractivity (Wildman–Crippen MR) is 118 cm³/mol. The molecule has 1 saturated heterocycles. The van der Waals surface area contributed by atoms with E-state index in [-0.39, 0.29) is 11.3 Å². The Morgan fingerprint density at radius 3 is 1.54 bits per heavy atom. The largest absolute Gasteiger partial charge is 0.390 e. The van der Waals surface area contributed by atoms with Gasteiger partial charge in [-0.3, -0.25) is 0 Å². The zero-order valence-corrected chi connectivity index (χ0v) is 17.0. The van der Waals surface area contributed by atoms with Gasteiger partial charge in [0.15, 0.2) is 0 Å². The second kappa shape index (κ2) is 8.57. The molecule has 4 rings (SSSR count). The first kappa shape index (κ1) is 19.3. The van der Waals surface area contributed by atoms with Gasteiger partial charge in [-0.25, -0.2) is 0 Å². The molecule has 2 N–H and O–H groups in total. The van der Waals surface area contributed by atoms with E-state index < -0.39 is 20.1 Å². The number of benzene rings is 3. The topological polar surface area (TPSA) is 40.5 Å². The highest BCUT2D eigenvalue weighted by Gasteiger charge is 2.49. The van der Waals surface area contributed by atoms with Crippen LogP contribution in [0.1, 0.15) is 16.7 Å². The van der Waals surface area contributed by atoms with Crippen molar-refractivity contribution in [2.45, 2.75) is 43.3 Å². The van der Waals surface area contributed by atoms with Gasteiger partial charge in [0, 0.05) is 11.3 Å². The molecule has 0 radical (unpaired) electrons. The maximum absolute atomic E-state index is 11.1. The highest BCUT2D eigenvalue weighted by Crippen LogP contribution is 2.57. The van der Waals surface area contributed by atoms with Crippen LogP contribution in [0.25, 0.3) is 0 Å². The van der Waals surface area contributed by atoms with Gasteiger partial charge in [0.25, 0.3) is 0 Å². The number of hydrogen-bond acceptors (Lipinski definition) is 2. The fourth-order valence-electron chi connectivity index (χ4n) is 4.39. The molecule has 3 heteroatoms. The van der Waals surface area contributed by atoms with Gasteiger partial charge in [-0.15, -0.1) is 0 Å². The molecule has 0 aromatic heterocycles. The number of aryl methyl sites for hydroxylation is 1. The van der Waals surface area contributed by atoms with Crippen molar-refractivity contribution in [1.82, 2.24) is 0 Å². The van der Waals surface area contributed by atoms with Gasteiger partial charge in [-0.05, 0) is 41.8 Å². The zero-order valence-electron chi connectivity index (χ0n) is 16.1. The number of aliphatic hydroxyl groups is 2. The van der Waals surface area contributed by atoms with Crippen LogP contribution in [0.4, 0.5) is 0 Å². The predicted octanol–water partition coefficient (Wildman–Crippen LogP) is 4.06. The van der Waals surface area contributed by atoms with Gasteiger partial charge < -0.3 is 10.2 Å². The van der Waals surface area contributed by atoms with Crippen LogP contribution >= 0.6 is 7.92 Å². The maximum Gasteiger partial charge on any atom is 0.0878 e. The van der Waals surface area contributed by atoms with Crippen molar-refractivity contribution in [3.63, 3.8) is 0 Å². The first-order chi connectivity index (χ1) is 13.6. The van der Waals surface area contributed by atoms with Gasteiger partial charge in [0.2, 0.25) is 0 Å². The molecule has 1 unspecified atom stereocenters.